The summed E-state index contributed by atoms with van der Waals surface area (Å²) in [6.45, 7) is 0. The van der Waals surface area contributed by atoms with Gasteiger partial charge in [-0.2, -0.15) is 0 Å². The third-order valence-electron chi connectivity index (χ3n) is 2.62. The molecule has 0 radical (unpaired) electrons. The Bertz CT molecular complexity index is 804. The highest BCUT2D eigenvalue weighted by Gasteiger charge is 2.19. The highest BCUT2D eigenvalue weighted by molar-refractivity contribution is 7.92. The van der Waals surface area contributed by atoms with Gasteiger partial charge in [0.25, 0.3) is 10.0 Å². The normalized spacial score (nSPS) is 11.1. The topological polar surface area (TPSA) is 104 Å². The molecule has 0 aliphatic rings. The molecule has 0 unspecified atom stereocenters. The van der Waals surface area contributed by atoms with E-state index in [-0.39, 0.29) is 10.6 Å². The largest absolute Gasteiger partial charge is 0.505 e. The summed E-state index contributed by atoms with van der Waals surface area (Å²) in [5.74, 6) is -2.86. The van der Waals surface area contributed by atoms with Crippen LogP contribution in [0.3, 0.4) is 0 Å². The Labute approximate surface area is 119 Å². The number of aromatic hydroxyl groups is 1. The fraction of sp³-hybridized carbons (Fsp3) is 0. The van der Waals surface area contributed by atoms with E-state index in [1.807, 2.05) is 4.72 Å². The van der Waals surface area contributed by atoms with Gasteiger partial charge in [-0.25, -0.2) is 17.6 Å². The highest BCUT2D eigenvalue weighted by atomic mass is 32.2. The lowest BCUT2D eigenvalue weighted by molar-refractivity contribution is 0.0694. The predicted molar refractivity (Wildman–Crippen MR) is 72.3 cm³/mol. The number of sulfonamides is 1. The van der Waals surface area contributed by atoms with Crippen LogP contribution < -0.4 is 4.72 Å². The predicted octanol–water partition coefficient (Wildman–Crippen LogP) is 2.03. The van der Waals surface area contributed by atoms with E-state index in [2.05, 4.69) is 0 Å². The third-order valence-corrected chi connectivity index (χ3v) is 3.98. The van der Waals surface area contributed by atoms with Gasteiger partial charge < -0.3 is 10.2 Å². The SMILES string of the molecule is O=C(O)c1cccc(NS(=O)(=O)c2cccc(F)c2)c1O. The lowest BCUT2D eigenvalue weighted by Crippen LogP contribution is -2.14. The molecule has 2 aromatic carbocycles. The van der Waals surface area contributed by atoms with E-state index in [0.717, 1.165) is 18.2 Å². The minimum Gasteiger partial charge on any atom is -0.505 e. The van der Waals surface area contributed by atoms with Crippen LogP contribution >= 0.6 is 0 Å². The van der Waals surface area contributed by atoms with Crippen LogP contribution in [0.5, 0.6) is 5.75 Å². The van der Waals surface area contributed by atoms with Gasteiger partial charge in [0.1, 0.15) is 11.4 Å². The molecule has 0 saturated heterocycles. The Kier molecular flexibility index (Phi) is 3.81. The van der Waals surface area contributed by atoms with E-state index in [9.17, 15) is 22.7 Å². The second-order valence-corrected chi connectivity index (χ2v) is 5.75. The molecule has 2 rings (SSSR count). The molecule has 0 atom stereocenters. The van der Waals surface area contributed by atoms with Crippen molar-refractivity contribution in [2.24, 2.45) is 0 Å². The molecule has 0 saturated carbocycles. The molecule has 0 bridgehead atoms. The second kappa shape index (κ2) is 5.41. The molecule has 3 N–H and O–H groups in total. The summed E-state index contributed by atoms with van der Waals surface area (Å²) in [4.78, 5) is 10.5. The highest BCUT2D eigenvalue weighted by Crippen LogP contribution is 2.29. The molecular weight excluding hydrogens is 301 g/mol. The Hall–Kier alpha value is -2.61. The first-order valence-electron chi connectivity index (χ1n) is 5.65. The fourth-order valence-corrected chi connectivity index (χ4v) is 2.73. The molecule has 6 nitrogen and oxygen atoms in total. The average Bonchev–Trinajstić information content (AvgIpc) is 2.40. The van der Waals surface area contributed by atoms with Crippen LogP contribution in [0, 0.1) is 5.82 Å². The Morgan fingerprint density at radius 1 is 1.14 bits per heavy atom. The van der Waals surface area contributed by atoms with E-state index < -0.39 is 33.1 Å². The number of carbonyl (C=O) groups is 1. The second-order valence-electron chi connectivity index (χ2n) is 4.07. The van der Waals surface area contributed by atoms with Gasteiger partial charge >= 0.3 is 5.97 Å². The van der Waals surface area contributed by atoms with Gasteiger partial charge in [-0.1, -0.05) is 12.1 Å². The maximum absolute atomic E-state index is 13.1. The summed E-state index contributed by atoms with van der Waals surface area (Å²) in [5.41, 5.74) is -0.756. The number of halogens is 1. The zero-order chi connectivity index (χ0) is 15.6. The number of nitrogens with one attached hydrogen (secondary N) is 1. The van der Waals surface area contributed by atoms with Crippen molar-refractivity contribution in [1.82, 2.24) is 0 Å². The number of hydrogen-bond acceptors (Lipinski definition) is 4. The van der Waals surface area contributed by atoms with Gasteiger partial charge in [-0.15, -0.1) is 0 Å². The summed E-state index contributed by atoms with van der Waals surface area (Å²) in [6, 6.07) is 7.87. The number of carboxylic acid groups (broad SMARTS) is 1. The zero-order valence-corrected chi connectivity index (χ0v) is 11.3. The molecule has 110 valence electrons. The van der Waals surface area contributed by atoms with Crippen LogP contribution in [-0.4, -0.2) is 24.6 Å². The van der Waals surface area contributed by atoms with Crippen LogP contribution in [0.25, 0.3) is 0 Å². The van der Waals surface area contributed by atoms with Crippen molar-refractivity contribution in [3.63, 3.8) is 0 Å². The molecule has 0 spiro atoms. The first kappa shape index (κ1) is 14.8. The van der Waals surface area contributed by atoms with Crippen LogP contribution in [-0.2, 0) is 10.0 Å². The van der Waals surface area contributed by atoms with Crippen LogP contribution in [0.15, 0.2) is 47.4 Å². The Morgan fingerprint density at radius 3 is 2.43 bits per heavy atom. The van der Waals surface area contributed by atoms with E-state index in [1.54, 1.807) is 0 Å². The smallest absolute Gasteiger partial charge is 0.339 e. The molecule has 0 aromatic heterocycles. The average molecular weight is 311 g/mol. The quantitative estimate of drug-likeness (QED) is 0.750. The summed E-state index contributed by atoms with van der Waals surface area (Å²) in [7, 11) is -4.14. The molecule has 0 aliphatic carbocycles. The number of carboxylic acids is 1. The van der Waals surface area contributed by atoms with Crippen LogP contribution in [0.4, 0.5) is 10.1 Å². The number of hydrogen-bond donors (Lipinski definition) is 3. The van der Waals surface area contributed by atoms with Gasteiger partial charge in [0.05, 0.1) is 10.6 Å². The monoisotopic (exact) mass is 311 g/mol. The van der Waals surface area contributed by atoms with Crippen molar-refractivity contribution in [1.29, 1.82) is 0 Å². The Balaban J connectivity index is 2.42. The molecule has 0 aliphatic heterocycles. The van der Waals surface area contributed by atoms with Gasteiger partial charge in [0.15, 0.2) is 5.75 Å². The Morgan fingerprint density at radius 2 is 1.81 bits per heavy atom. The van der Waals surface area contributed by atoms with Gasteiger partial charge in [0.2, 0.25) is 0 Å². The standard InChI is InChI=1S/C13H10FNO5S/c14-8-3-1-4-9(7-8)21(19,20)15-11-6-2-5-10(12(11)16)13(17)18/h1-7,15-16H,(H,17,18). The minimum atomic E-state index is -4.14. The zero-order valence-electron chi connectivity index (χ0n) is 10.4. The molecular formula is C13H10FNO5S. The molecule has 0 heterocycles. The summed E-state index contributed by atoms with van der Waals surface area (Å²) < 4.78 is 39.2. The maximum atomic E-state index is 13.1. The summed E-state index contributed by atoms with van der Waals surface area (Å²) in [5, 5.41) is 18.6. The van der Waals surface area contributed by atoms with Crippen molar-refractivity contribution in [3.05, 3.63) is 53.8 Å². The fourth-order valence-electron chi connectivity index (χ4n) is 1.64. The van der Waals surface area contributed by atoms with Gasteiger partial charge in [-0.3, -0.25) is 4.72 Å². The maximum Gasteiger partial charge on any atom is 0.339 e. The van der Waals surface area contributed by atoms with Crippen molar-refractivity contribution >= 4 is 21.7 Å². The molecule has 0 amide bonds. The third kappa shape index (κ3) is 3.11. The number of rotatable bonds is 4. The number of benzene rings is 2. The number of para-hydroxylation sites is 1. The van der Waals surface area contributed by atoms with Crippen molar-refractivity contribution in [2.75, 3.05) is 4.72 Å². The van der Waals surface area contributed by atoms with E-state index in [0.29, 0.717) is 0 Å². The lowest BCUT2D eigenvalue weighted by atomic mass is 10.2. The van der Waals surface area contributed by atoms with Crippen molar-refractivity contribution in [3.8, 4) is 5.75 Å². The minimum absolute atomic E-state index is 0.306. The van der Waals surface area contributed by atoms with Gasteiger partial charge in [0, 0.05) is 0 Å². The summed E-state index contributed by atoms with van der Waals surface area (Å²) >= 11 is 0. The number of anilines is 1. The van der Waals surface area contributed by atoms with E-state index in [1.165, 1.54) is 24.3 Å². The van der Waals surface area contributed by atoms with Crippen LogP contribution in [0.1, 0.15) is 10.4 Å². The summed E-state index contributed by atoms with van der Waals surface area (Å²) in [6.07, 6.45) is 0. The number of aromatic carboxylic acids is 1. The van der Waals surface area contributed by atoms with Crippen molar-refractivity contribution < 1.29 is 27.8 Å². The van der Waals surface area contributed by atoms with E-state index >= 15 is 0 Å². The van der Waals surface area contributed by atoms with Crippen molar-refractivity contribution in [2.45, 2.75) is 4.90 Å². The molecule has 21 heavy (non-hydrogen) atoms. The lowest BCUT2D eigenvalue weighted by Gasteiger charge is -2.11. The van der Waals surface area contributed by atoms with E-state index in [4.69, 9.17) is 5.11 Å². The number of phenols is 1. The molecule has 8 heteroatoms. The molecule has 0 fully saturated rings. The first-order chi connectivity index (χ1) is 9.81. The first-order valence-corrected chi connectivity index (χ1v) is 7.13. The van der Waals surface area contributed by atoms with Gasteiger partial charge in [-0.05, 0) is 30.3 Å². The molecule has 2 aromatic rings. The van der Waals surface area contributed by atoms with Crippen LogP contribution in [0.2, 0.25) is 0 Å².